The topological polar surface area (TPSA) is 127 Å². The van der Waals surface area contributed by atoms with E-state index in [0.29, 0.717) is 5.56 Å². The number of nitrogens with two attached hydrogens (primary N) is 1. The molecule has 3 amide bonds. The van der Waals surface area contributed by atoms with Crippen molar-refractivity contribution in [1.82, 2.24) is 5.32 Å². The van der Waals surface area contributed by atoms with E-state index in [0.717, 1.165) is 0 Å². The first kappa shape index (κ1) is 16.9. The molecule has 8 nitrogen and oxygen atoms in total. The molecule has 0 spiro atoms. The van der Waals surface area contributed by atoms with Gasteiger partial charge in [-0.15, -0.1) is 0 Å². The molecular formula is C16H16N4O4. The van der Waals surface area contributed by atoms with Gasteiger partial charge >= 0.3 is 6.03 Å². The highest BCUT2D eigenvalue weighted by molar-refractivity contribution is 5.96. The van der Waals surface area contributed by atoms with E-state index < -0.39 is 22.4 Å². The van der Waals surface area contributed by atoms with Gasteiger partial charge in [0.15, 0.2) is 0 Å². The maximum Gasteiger partial charge on any atom is 0.320 e. The number of nitrogens with one attached hydrogen (secondary N) is 2. The number of carbonyl (C=O) groups is 2. The number of hydrogen-bond acceptors (Lipinski definition) is 4. The summed E-state index contributed by atoms with van der Waals surface area (Å²) >= 11 is 0. The van der Waals surface area contributed by atoms with E-state index in [1.54, 1.807) is 30.3 Å². The molecule has 0 aliphatic heterocycles. The monoisotopic (exact) mass is 328 g/mol. The van der Waals surface area contributed by atoms with Gasteiger partial charge < -0.3 is 16.4 Å². The zero-order valence-corrected chi connectivity index (χ0v) is 12.9. The summed E-state index contributed by atoms with van der Waals surface area (Å²) in [7, 11) is 0. The van der Waals surface area contributed by atoms with Crippen LogP contribution < -0.4 is 16.4 Å². The van der Waals surface area contributed by atoms with Crippen LogP contribution >= 0.6 is 0 Å². The molecule has 0 saturated heterocycles. The van der Waals surface area contributed by atoms with Crippen LogP contribution in [-0.4, -0.2) is 16.9 Å². The van der Waals surface area contributed by atoms with Crippen molar-refractivity contribution in [1.29, 1.82) is 0 Å². The van der Waals surface area contributed by atoms with Crippen molar-refractivity contribution in [2.75, 3.05) is 5.32 Å². The zero-order valence-electron chi connectivity index (χ0n) is 12.9. The Bertz CT molecular complexity index is 779. The van der Waals surface area contributed by atoms with E-state index in [2.05, 4.69) is 10.6 Å². The Morgan fingerprint density at radius 1 is 1.12 bits per heavy atom. The minimum Gasteiger partial charge on any atom is -0.367 e. The number of non-ortho nitro benzene ring substituents is 1. The average Bonchev–Trinajstić information content (AvgIpc) is 2.55. The van der Waals surface area contributed by atoms with Crippen LogP contribution in [0.15, 0.2) is 54.6 Å². The SMILES string of the molecule is CC(NC(=O)Nc1cccc([N+](=O)[O-])c1)(C(N)=O)c1ccccc1. The molecule has 2 rings (SSSR count). The lowest BCUT2D eigenvalue weighted by molar-refractivity contribution is -0.384. The van der Waals surface area contributed by atoms with Gasteiger partial charge in [0.2, 0.25) is 5.91 Å². The van der Waals surface area contributed by atoms with Gasteiger partial charge in [-0.1, -0.05) is 36.4 Å². The summed E-state index contributed by atoms with van der Waals surface area (Å²) in [6.07, 6.45) is 0. The predicted molar refractivity (Wildman–Crippen MR) is 88.2 cm³/mol. The van der Waals surface area contributed by atoms with E-state index in [1.165, 1.54) is 31.2 Å². The molecule has 24 heavy (non-hydrogen) atoms. The van der Waals surface area contributed by atoms with Crippen LogP contribution in [0.5, 0.6) is 0 Å². The van der Waals surface area contributed by atoms with E-state index in [-0.39, 0.29) is 11.4 Å². The summed E-state index contributed by atoms with van der Waals surface area (Å²) in [4.78, 5) is 34.2. The second-order valence-corrected chi connectivity index (χ2v) is 5.24. The van der Waals surface area contributed by atoms with Crippen LogP contribution in [-0.2, 0) is 10.3 Å². The number of amides is 3. The van der Waals surface area contributed by atoms with Crippen LogP contribution in [0.1, 0.15) is 12.5 Å². The van der Waals surface area contributed by atoms with Crippen molar-refractivity contribution in [3.63, 3.8) is 0 Å². The molecule has 0 aliphatic carbocycles. The second-order valence-electron chi connectivity index (χ2n) is 5.24. The van der Waals surface area contributed by atoms with E-state index >= 15 is 0 Å². The number of nitro groups is 1. The van der Waals surface area contributed by atoms with Gasteiger partial charge in [-0.2, -0.15) is 0 Å². The highest BCUT2D eigenvalue weighted by Crippen LogP contribution is 2.21. The summed E-state index contributed by atoms with van der Waals surface area (Å²) in [5, 5.41) is 15.7. The third-order valence-corrected chi connectivity index (χ3v) is 3.52. The van der Waals surface area contributed by atoms with Crippen LogP contribution in [0.3, 0.4) is 0 Å². The number of urea groups is 1. The van der Waals surface area contributed by atoms with E-state index in [4.69, 9.17) is 5.73 Å². The number of primary amides is 1. The highest BCUT2D eigenvalue weighted by Gasteiger charge is 2.34. The lowest BCUT2D eigenvalue weighted by atomic mass is 9.91. The minimum atomic E-state index is -1.42. The zero-order chi connectivity index (χ0) is 17.7. The predicted octanol–water partition coefficient (Wildman–Crippen LogP) is 2.12. The Hall–Kier alpha value is -3.42. The quantitative estimate of drug-likeness (QED) is 0.573. The molecule has 0 aromatic heterocycles. The normalized spacial score (nSPS) is 12.7. The Labute approximate surface area is 137 Å². The fourth-order valence-corrected chi connectivity index (χ4v) is 2.13. The highest BCUT2D eigenvalue weighted by atomic mass is 16.6. The lowest BCUT2D eigenvalue weighted by Crippen LogP contribution is -2.53. The minimum absolute atomic E-state index is 0.159. The molecule has 8 heteroatoms. The standard InChI is InChI=1S/C16H16N4O4/c1-16(14(17)21,11-6-3-2-4-7-11)19-15(22)18-12-8-5-9-13(10-12)20(23)24/h2-10H,1H3,(H2,17,21)(H2,18,19,22). The van der Waals surface area contributed by atoms with Crippen molar-refractivity contribution in [2.45, 2.75) is 12.5 Å². The summed E-state index contributed by atoms with van der Waals surface area (Å²) < 4.78 is 0. The number of anilines is 1. The molecule has 0 fully saturated rings. The van der Waals surface area contributed by atoms with E-state index in [9.17, 15) is 19.7 Å². The van der Waals surface area contributed by atoms with Crippen LogP contribution in [0.4, 0.5) is 16.2 Å². The molecule has 0 aliphatic rings. The number of rotatable bonds is 5. The van der Waals surface area contributed by atoms with Gasteiger partial charge in [-0.3, -0.25) is 14.9 Å². The molecule has 2 aromatic carbocycles. The van der Waals surface area contributed by atoms with E-state index in [1.807, 2.05) is 0 Å². The van der Waals surface area contributed by atoms with Crippen molar-refractivity contribution in [2.24, 2.45) is 5.73 Å². The van der Waals surface area contributed by atoms with Crippen molar-refractivity contribution < 1.29 is 14.5 Å². The van der Waals surface area contributed by atoms with Gasteiger partial charge in [0, 0.05) is 17.8 Å². The van der Waals surface area contributed by atoms with Crippen molar-refractivity contribution >= 4 is 23.3 Å². The van der Waals surface area contributed by atoms with Gasteiger partial charge in [0.25, 0.3) is 5.69 Å². The molecule has 4 N–H and O–H groups in total. The van der Waals surface area contributed by atoms with Crippen LogP contribution in [0.2, 0.25) is 0 Å². The first-order valence-electron chi connectivity index (χ1n) is 7.02. The summed E-state index contributed by atoms with van der Waals surface area (Å²) in [5.41, 5.74) is 4.60. The maximum atomic E-state index is 12.2. The third kappa shape index (κ3) is 3.67. The maximum absolute atomic E-state index is 12.2. The molecule has 124 valence electrons. The number of benzene rings is 2. The lowest BCUT2D eigenvalue weighted by Gasteiger charge is -2.28. The molecule has 1 unspecified atom stereocenters. The number of nitrogens with zero attached hydrogens (tertiary/aromatic N) is 1. The second kappa shape index (κ2) is 6.78. The molecule has 2 aromatic rings. The largest absolute Gasteiger partial charge is 0.367 e. The number of carbonyl (C=O) groups excluding carboxylic acids is 2. The van der Waals surface area contributed by atoms with Gasteiger partial charge in [-0.05, 0) is 18.6 Å². The van der Waals surface area contributed by atoms with Crippen molar-refractivity contribution in [3.8, 4) is 0 Å². The molecule has 0 saturated carbocycles. The van der Waals surface area contributed by atoms with Crippen LogP contribution in [0, 0.1) is 10.1 Å². The number of nitro benzene ring substituents is 1. The van der Waals surface area contributed by atoms with Gasteiger partial charge in [0.05, 0.1) is 4.92 Å². The molecule has 0 radical (unpaired) electrons. The molecule has 0 heterocycles. The van der Waals surface area contributed by atoms with Crippen molar-refractivity contribution in [3.05, 3.63) is 70.3 Å². The third-order valence-electron chi connectivity index (χ3n) is 3.52. The van der Waals surface area contributed by atoms with Gasteiger partial charge in [-0.25, -0.2) is 4.79 Å². The summed E-state index contributed by atoms with van der Waals surface area (Å²) in [6.45, 7) is 1.48. The summed E-state index contributed by atoms with van der Waals surface area (Å²) in [6, 6.07) is 13.3. The number of hydrogen-bond donors (Lipinski definition) is 3. The Balaban J connectivity index is 2.19. The molecule has 1 atom stereocenters. The first-order valence-corrected chi connectivity index (χ1v) is 7.02. The molecular weight excluding hydrogens is 312 g/mol. The fourth-order valence-electron chi connectivity index (χ4n) is 2.13. The average molecular weight is 328 g/mol. The van der Waals surface area contributed by atoms with Gasteiger partial charge in [0.1, 0.15) is 5.54 Å². The smallest absolute Gasteiger partial charge is 0.320 e. The Kier molecular flexibility index (Phi) is 4.78. The van der Waals surface area contributed by atoms with Crippen LogP contribution in [0.25, 0.3) is 0 Å². The summed E-state index contributed by atoms with van der Waals surface area (Å²) in [5.74, 6) is -0.733. The Morgan fingerprint density at radius 2 is 1.79 bits per heavy atom. The first-order chi connectivity index (χ1) is 11.3. The fraction of sp³-hybridized carbons (Fsp3) is 0.125. The Morgan fingerprint density at radius 3 is 2.38 bits per heavy atom. The molecule has 0 bridgehead atoms.